The van der Waals surface area contributed by atoms with E-state index in [0.29, 0.717) is 24.0 Å². The molecule has 0 radical (unpaired) electrons. The Morgan fingerprint density at radius 1 is 0.615 bits per heavy atom. The maximum atomic E-state index is 7.45. The number of nitrogens with zero attached hydrogens (tertiary/aromatic N) is 3. The minimum atomic E-state index is 0.288. The van der Waals surface area contributed by atoms with Gasteiger partial charge in [0.1, 0.15) is 11.5 Å². The second-order valence-corrected chi connectivity index (χ2v) is 13.7. The Hall–Kier alpha value is -4.95. The first-order valence-electron chi connectivity index (χ1n) is 17.8. The molecule has 4 aromatic carbocycles. The van der Waals surface area contributed by atoms with Gasteiger partial charge in [0.2, 0.25) is 5.69 Å². The van der Waals surface area contributed by atoms with Crippen LogP contribution in [0.5, 0.6) is 34.5 Å². The molecule has 52 heavy (non-hydrogen) atoms. The Morgan fingerprint density at radius 2 is 1.10 bits per heavy atom. The number of nitrogens with two attached hydrogens (primary N) is 1. The summed E-state index contributed by atoms with van der Waals surface area (Å²) in [5.74, 6) is 4.87. The van der Waals surface area contributed by atoms with E-state index in [-0.39, 0.29) is 6.04 Å². The predicted molar refractivity (Wildman–Crippen MR) is 200 cm³/mol. The SMILES string of the molecule is COc1cc2c(cc1CN)[C@@H]1Cc3ccc(OC)c(OC)c3CN1CC2.[C-]#[N+]c1cc2c(cc1OC)CCN1Cc3c(ccc(OC)c3OC)C[C@@H]21. The van der Waals surface area contributed by atoms with E-state index in [1.807, 2.05) is 24.3 Å². The summed E-state index contributed by atoms with van der Waals surface area (Å²) < 4.78 is 33.2. The Balaban J connectivity index is 0.000000162. The molecular formula is C42H48N4O6. The predicted octanol–water partition coefficient (Wildman–Crippen LogP) is 6.75. The van der Waals surface area contributed by atoms with Crippen molar-refractivity contribution in [2.75, 3.05) is 55.7 Å². The van der Waals surface area contributed by atoms with Crippen molar-refractivity contribution in [2.24, 2.45) is 5.73 Å². The van der Waals surface area contributed by atoms with E-state index in [0.717, 1.165) is 86.2 Å². The van der Waals surface area contributed by atoms with E-state index in [1.54, 1.807) is 42.7 Å². The van der Waals surface area contributed by atoms with Crippen molar-refractivity contribution in [1.29, 1.82) is 0 Å². The number of methoxy groups -OCH3 is 6. The molecule has 0 spiro atoms. The van der Waals surface area contributed by atoms with Gasteiger partial charge in [0, 0.05) is 61.5 Å². The number of hydrogen-bond acceptors (Lipinski definition) is 9. The number of benzene rings is 4. The van der Waals surface area contributed by atoms with Crippen LogP contribution in [0.2, 0.25) is 0 Å². The summed E-state index contributed by atoms with van der Waals surface area (Å²) in [5.41, 5.74) is 18.0. The van der Waals surface area contributed by atoms with E-state index in [2.05, 4.69) is 38.9 Å². The first-order chi connectivity index (χ1) is 25.4. The van der Waals surface area contributed by atoms with Crippen LogP contribution in [0.15, 0.2) is 48.5 Å². The number of hydrogen-bond donors (Lipinski definition) is 1. The lowest BCUT2D eigenvalue weighted by atomic mass is 9.83. The molecule has 0 saturated carbocycles. The Kier molecular flexibility index (Phi) is 10.2. The minimum Gasteiger partial charge on any atom is -0.508 e. The summed E-state index contributed by atoms with van der Waals surface area (Å²) in [6.07, 6.45) is 3.86. The quantitative estimate of drug-likeness (QED) is 0.210. The van der Waals surface area contributed by atoms with Gasteiger partial charge in [0.25, 0.3) is 0 Å². The van der Waals surface area contributed by atoms with Gasteiger partial charge in [0.15, 0.2) is 23.0 Å². The van der Waals surface area contributed by atoms with Gasteiger partial charge >= 0.3 is 0 Å². The lowest BCUT2D eigenvalue weighted by molar-refractivity contribution is 0.157. The van der Waals surface area contributed by atoms with Crippen LogP contribution in [0.4, 0.5) is 5.69 Å². The van der Waals surface area contributed by atoms with Crippen molar-refractivity contribution in [3.8, 4) is 34.5 Å². The molecule has 0 saturated heterocycles. The van der Waals surface area contributed by atoms with E-state index in [4.69, 9.17) is 40.7 Å². The molecule has 4 aromatic rings. The fourth-order valence-corrected chi connectivity index (χ4v) is 8.67. The van der Waals surface area contributed by atoms with Gasteiger partial charge < -0.3 is 34.2 Å². The molecule has 2 atom stereocenters. The molecule has 0 bridgehead atoms. The summed E-state index contributed by atoms with van der Waals surface area (Å²) in [6.45, 7) is 11.7. The fraction of sp³-hybridized carbons (Fsp3) is 0.405. The van der Waals surface area contributed by atoms with Gasteiger partial charge in [-0.2, -0.15) is 0 Å². The van der Waals surface area contributed by atoms with Crippen LogP contribution < -0.4 is 34.2 Å². The average molecular weight is 705 g/mol. The highest BCUT2D eigenvalue weighted by atomic mass is 16.5. The van der Waals surface area contributed by atoms with Gasteiger partial charge in [-0.3, -0.25) is 9.80 Å². The molecule has 8 rings (SSSR count). The van der Waals surface area contributed by atoms with Crippen LogP contribution in [0.25, 0.3) is 4.85 Å². The summed E-state index contributed by atoms with van der Waals surface area (Å²) >= 11 is 0. The van der Waals surface area contributed by atoms with Crippen molar-refractivity contribution < 1.29 is 28.4 Å². The molecule has 0 fully saturated rings. The van der Waals surface area contributed by atoms with Crippen LogP contribution in [0.3, 0.4) is 0 Å². The van der Waals surface area contributed by atoms with Crippen molar-refractivity contribution in [2.45, 2.75) is 57.4 Å². The van der Waals surface area contributed by atoms with Crippen molar-refractivity contribution in [3.05, 3.63) is 110 Å². The first-order valence-corrected chi connectivity index (χ1v) is 17.8. The topological polar surface area (TPSA) is 92.2 Å². The van der Waals surface area contributed by atoms with Crippen molar-refractivity contribution >= 4 is 5.69 Å². The smallest absolute Gasteiger partial charge is 0.228 e. The van der Waals surface area contributed by atoms with Gasteiger partial charge in [-0.15, -0.1) is 0 Å². The monoisotopic (exact) mass is 704 g/mol. The molecule has 10 nitrogen and oxygen atoms in total. The zero-order valence-corrected chi connectivity index (χ0v) is 31.0. The Labute approximate surface area is 306 Å². The first kappa shape index (κ1) is 35.5. The van der Waals surface area contributed by atoms with E-state index in [9.17, 15) is 0 Å². The minimum absolute atomic E-state index is 0.288. The molecular weight excluding hydrogens is 656 g/mol. The summed E-state index contributed by atoms with van der Waals surface area (Å²) in [4.78, 5) is 8.67. The summed E-state index contributed by atoms with van der Waals surface area (Å²) in [7, 11) is 10.1. The molecule has 0 aliphatic carbocycles. The van der Waals surface area contributed by atoms with Crippen molar-refractivity contribution in [1.82, 2.24) is 9.80 Å². The molecule has 2 N–H and O–H groups in total. The van der Waals surface area contributed by atoms with Crippen LogP contribution in [0.1, 0.15) is 62.2 Å². The number of fused-ring (bicyclic) bond motifs is 8. The number of rotatable bonds is 7. The summed E-state index contributed by atoms with van der Waals surface area (Å²) in [6, 6.07) is 17.5. The van der Waals surface area contributed by atoms with E-state index in [1.165, 1.54) is 44.5 Å². The summed E-state index contributed by atoms with van der Waals surface area (Å²) in [5, 5.41) is 0. The molecule has 272 valence electrons. The largest absolute Gasteiger partial charge is 0.508 e. The highest BCUT2D eigenvalue weighted by Crippen LogP contribution is 2.47. The van der Waals surface area contributed by atoms with Crippen LogP contribution in [-0.4, -0.2) is 65.5 Å². The van der Waals surface area contributed by atoms with Gasteiger partial charge in [-0.05, 0) is 95.5 Å². The van der Waals surface area contributed by atoms with Crippen LogP contribution in [-0.2, 0) is 45.3 Å². The second kappa shape index (κ2) is 15.0. The second-order valence-electron chi connectivity index (χ2n) is 13.7. The normalized spacial score (nSPS) is 18.3. The van der Waals surface area contributed by atoms with Crippen molar-refractivity contribution in [3.63, 3.8) is 0 Å². The maximum absolute atomic E-state index is 7.45. The highest BCUT2D eigenvalue weighted by Gasteiger charge is 2.36. The van der Waals surface area contributed by atoms with Gasteiger partial charge in [0.05, 0.1) is 49.2 Å². The third-order valence-electron chi connectivity index (χ3n) is 11.3. The molecule has 0 amide bonds. The van der Waals surface area contributed by atoms with Gasteiger partial charge in [-0.1, -0.05) is 12.1 Å². The third-order valence-corrected chi connectivity index (χ3v) is 11.3. The number of ether oxygens (including phenoxy) is 6. The average Bonchev–Trinajstić information content (AvgIpc) is 3.20. The Morgan fingerprint density at radius 3 is 1.54 bits per heavy atom. The molecule has 0 unspecified atom stereocenters. The zero-order chi connectivity index (χ0) is 36.5. The lowest BCUT2D eigenvalue weighted by Gasteiger charge is -2.42. The molecule has 10 heteroatoms. The molecule has 4 aliphatic rings. The molecule has 0 aromatic heterocycles. The van der Waals surface area contributed by atoms with E-state index < -0.39 is 0 Å². The van der Waals surface area contributed by atoms with E-state index >= 15 is 0 Å². The Bertz CT molecular complexity index is 2020. The highest BCUT2D eigenvalue weighted by molar-refractivity contribution is 5.63. The fourth-order valence-electron chi connectivity index (χ4n) is 8.67. The third kappa shape index (κ3) is 6.17. The zero-order valence-electron chi connectivity index (χ0n) is 31.0. The van der Waals surface area contributed by atoms with Crippen LogP contribution in [0, 0.1) is 6.57 Å². The molecule has 4 aliphatic heterocycles. The molecule has 4 heterocycles. The van der Waals surface area contributed by atoms with Gasteiger partial charge in [-0.25, -0.2) is 4.85 Å². The lowest BCUT2D eigenvalue weighted by Crippen LogP contribution is -2.39. The maximum Gasteiger partial charge on any atom is 0.228 e. The van der Waals surface area contributed by atoms with Crippen LogP contribution >= 0.6 is 0 Å². The standard InChI is InChI=1S/C21H22N2O3.C21H26N2O3/c1-22-17-11-15-14(10-20(17)25-3)7-8-23-12-16-13(9-18(15)23)5-6-19(24-2)21(16)26-4;1-24-19-5-4-13-9-18-16-8-15(11-22)20(25-2)10-14(16)6-7-23(18)12-17(13)21(19)26-3/h5-6,10-11,18H,7-9,12H2,2-4H3;4-5,8,10,18H,6-7,9,11-12,22H2,1-3H3/t2*18-/m00/s1.